The summed E-state index contributed by atoms with van der Waals surface area (Å²) in [5, 5.41) is 2.72. The highest BCUT2D eigenvalue weighted by atomic mass is 16.2. The van der Waals surface area contributed by atoms with Gasteiger partial charge in [-0.25, -0.2) is 9.69 Å². The van der Waals surface area contributed by atoms with Gasteiger partial charge in [0.1, 0.15) is 6.54 Å². The van der Waals surface area contributed by atoms with Crippen LogP contribution in [0, 0.1) is 0 Å². The highest BCUT2D eigenvalue weighted by Gasteiger charge is 2.44. The molecule has 9 nitrogen and oxygen atoms in total. The molecule has 130 valence electrons. The van der Waals surface area contributed by atoms with E-state index in [2.05, 4.69) is 5.32 Å². The Labute approximate surface area is 143 Å². The zero-order valence-corrected chi connectivity index (χ0v) is 13.7. The van der Waals surface area contributed by atoms with Crippen molar-refractivity contribution in [2.75, 3.05) is 23.8 Å². The largest absolute Gasteiger partial charge is 0.334 e. The van der Waals surface area contributed by atoms with Crippen molar-refractivity contribution < 1.29 is 24.0 Å². The average Bonchev–Trinajstić information content (AvgIpc) is 2.70. The second-order valence-corrected chi connectivity index (χ2v) is 5.92. The van der Waals surface area contributed by atoms with Gasteiger partial charge in [-0.2, -0.15) is 0 Å². The Balaban J connectivity index is 1.91. The van der Waals surface area contributed by atoms with Crippen molar-refractivity contribution in [2.45, 2.75) is 19.4 Å². The first kappa shape index (κ1) is 16.6. The van der Waals surface area contributed by atoms with Crippen molar-refractivity contribution in [3.05, 3.63) is 24.3 Å². The first-order valence-electron chi connectivity index (χ1n) is 7.65. The quantitative estimate of drug-likeness (QED) is 0.608. The molecule has 6 amide bonds. The normalized spacial score (nSPS) is 20.6. The van der Waals surface area contributed by atoms with E-state index in [0.29, 0.717) is 21.2 Å². The van der Waals surface area contributed by atoms with Crippen LogP contribution in [0.3, 0.4) is 0 Å². The number of likely N-dealkylation sites (N-methyl/N-ethyl adjacent to an activating group) is 1. The lowest BCUT2D eigenvalue weighted by atomic mass is 10.1. The van der Waals surface area contributed by atoms with Gasteiger partial charge in [-0.3, -0.25) is 24.1 Å². The predicted molar refractivity (Wildman–Crippen MR) is 86.5 cm³/mol. The lowest BCUT2D eigenvalue weighted by molar-refractivity contribution is -0.143. The zero-order chi connectivity index (χ0) is 18.3. The van der Waals surface area contributed by atoms with Crippen molar-refractivity contribution in [3.63, 3.8) is 0 Å². The van der Waals surface area contributed by atoms with Crippen molar-refractivity contribution in [2.24, 2.45) is 0 Å². The Morgan fingerprint density at radius 2 is 1.84 bits per heavy atom. The van der Waals surface area contributed by atoms with Crippen LogP contribution in [-0.4, -0.2) is 59.1 Å². The van der Waals surface area contributed by atoms with Crippen molar-refractivity contribution in [1.82, 2.24) is 9.80 Å². The molecule has 0 saturated carbocycles. The summed E-state index contributed by atoms with van der Waals surface area (Å²) < 4.78 is 0. The standard InChI is InChI=1S/C16H16N4O5/c1-9-7-12(21)17-10-5-3-4-6-11(10)20(9)13(22)8-19-15(24)14(23)18(2)16(19)25/h3-6,9H,7-8H2,1-2H3,(H,17,21)/t9-/m1/s1. The lowest BCUT2D eigenvalue weighted by Gasteiger charge is -2.29. The predicted octanol–water partition coefficient (Wildman–Crippen LogP) is 0.171. The van der Waals surface area contributed by atoms with Crippen LogP contribution in [0.2, 0.25) is 0 Å². The number of carbonyl (C=O) groups is 5. The van der Waals surface area contributed by atoms with E-state index in [-0.39, 0.29) is 12.3 Å². The second kappa shape index (κ2) is 6.00. The number of rotatable bonds is 2. The number of hydrogen-bond acceptors (Lipinski definition) is 5. The molecule has 0 unspecified atom stereocenters. The minimum Gasteiger partial charge on any atom is -0.324 e. The van der Waals surface area contributed by atoms with E-state index < -0.39 is 36.3 Å². The Hall–Kier alpha value is -3.23. The molecule has 1 N–H and O–H groups in total. The van der Waals surface area contributed by atoms with E-state index in [0.717, 1.165) is 0 Å². The van der Waals surface area contributed by atoms with Crippen molar-refractivity contribution >= 4 is 41.0 Å². The summed E-state index contributed by atoms with van der Waals surface area (Å²) in [6.07, 6.45) is 0.0706. The monoisotopic (exact) mass is 344 g/mol. The smallest absolute Gasteiger partial charge is 0.324 e. The van der Waals surface area contributed by atoms with E-state index in [1.807, 2.05) is 0 Å². The number of amides is 6. The van der Waals surface area contributed by atoms with Crippen LogP contribution in [0.5, 0.6) is 0 Å². The number of nitrogens with one attached hydrogen (secondary N) is 1. The van der Waals surface area contributed by atoms with E-state index in [9.17, 15) is 24.0 Å². The highest BCUT2D eigenvalue weighted by Crippen LogP contribution is 2.31. The first-order chi connectivity index (χ1) is 11.8. The molecule has 9 heteroatoms. The lowest BCUT2D eigenvalue weighted by Crippen LogP contribution is -2.47. The number of imide groups is 2. The molecule has 0 spiro atoms. The third-order valence-corrected chi connectivity index (χ3v) is 4.17. The molecule has 1 atom stereocenters. The van der Waals surface area contributed by atoms with Crippen LogP contribution in [-0.2, 0) is 19.2 Å². The van der Waals surface area contributed by atoms with Gasteiger partial charge >= 0.3 is 17.8 Å². The fourth-order valence-corrected chi connectivity index (χ4v) is 2.93. The molecule has 2 aliphatic rings. The van der Waals surface area contributed by atoms with Crippen LogP contribution in [0.1, 0.15) is 13.3 Å². The number of nitrogens with zero attached hydrogens (tertiary/aromatic N) is 3. The topological polar surface area (TPSA) is 107 Å². The molecule has 0 bridgehead atoms. The zero-order valence-electron chi connectivity index (χ0n) is 13.7. The van der Waals surface area contributed by atoms with Gasteiger partial charge in [-0.1, -0.05) is 12.1 Å². The number of benzene rings is 1. The van der Waals surface area contributed by atoms with Gasteiger partial charge in [0.15, 0.2) is 0 Å². The highest BCUT2D eigenvalue weighted by molar-refractivity contribution is 6.45. The summed E-state index contributed by atoms with van der Waals surface area (Å²) in [4.78, 5) is 62.8. The molecule has 1 saturated heterocycles. The number of anilines is 2. The third-order valence-electron chi connectivity index (χ3n) is 4.17. The molecule has 3 rings (SSSR count). The molecule has 0 aliphatic carbocycles. The molecule has 2 heterocycles. The summed E-state index contributed by atoms with van der Waals surface area (Å²) in [5.74, 6) is -2.80. The van der Waals surface area contributed by atoms with Gasteiger partial charge < -0.3 is 10.2 Å². The average molecular weight is 344 g/mol. The fourth-order valence-electron chi connectivity index (χ4n) is 2.93. The summed E-state index contributed by atoms with van der Waals surface area (Å²) in [7, 11) is 1.18. The molecular formula is C16H16N4O5. The SMILES string of the molecule is C[C@@H]1CC(=O)Nc2ccccc2N1C(=O)CN1C(=O)C(=O)N(C)C1=O. The first-order valence-corrected chi connectivity index (χ1v) is 7.65. The molecule has 1 aromatic carbocycles. The second-order valence-electron chi connectivity index (χ2n) is 5.92. The van der Waals surface area contributed by atoms with E-state index in [4.69, 9.17) is 0 Å². The Morgan fingerprint density at radius 3 is 2.48 bits per heavy atom. The van der Waals surface area contributed by atoms with E-state index >= 15 is 0 Å². The molecule has 1 aromatic rings. The van der Waals surface area contributed by atoms with Crippen LogP contribution >= 0.6 is 0 Å². The number of fused-ring (bicyclic) bond motifs is 1. The van der Waals surface area contributed by atoms with E-state index in [1.54, 1.807) is 31.2 Å². The number of para-hydroxylation sites is 2. The molecular weight excluding hydrogens is 328 g/mol. The maximum Gasteiger partial charge on any atom is 0.334 e. The van der Waals surface area contributed by atoms with Crippen LogP contribution in [0.4, 0.5) is 16.2 Å². The van der Waals surface area contributed by atoms with Crippen molar-refractivity contribution in [1.29, 1.82) is 0 Å². The number of urea groups is 1. The molecule has 0 aromatic heterocycles. The molecule has 2 aliphatic heterocycles. The Bertz CT molecular complexity index is 805. The van der Waals surface area contributed by atoms with Gasteiger partial charge in [0.25, 0.3) is 0 Å². The summed E-state index contributed by atoms with van der Waals surface area (Å²) in [5.41, 5.74) is 0.946. The Kier molecular flexibility index (Phi) is 3.99. The maximum absolute atomic E-state index is 12.8. The fraction of sp³-hybridized carbons (Fsp3) is 0.312. The van der Waals surface area contributed by atoms with Gasteiger partial charge in [0, 0.05) is 19.5 Å². The molecule has 0 radical (unpaired) electrons. The third kappa shape index (κ3) is 2.73. The summed E-state index contributed by atoms with van der Waals surface area (Å²) in [6, 6.07) is 5.45. The van der Waals surface area contributed by atoms with Gasteiger partial charge in [0.2, 0.25) is 11.8 Å². The van der Waals surface area contributed by atoms with Gasteiger partial charge in [-0.05, 0) is 19.1 Å². The van der Waals surface area contributed by atoms with Crippen molar-refractivity contribution in [3.8, 4) is 0 Å². The van der Waals surface area contributed by atoms with Crippen LogP contribution in [0.25, 0.3) is 0 Å². The Morgan fingerprint density at radius 1 is 1.16 bits per heavy atom. The van der Waals surface area contributed by atoms with E-state index in [1.165, 1.54) is 11.9 Å². The molecule has 25 heavy (non-hydrogen) atoms. The minimum absolute atomic E-state index is 0.0706. The number of hydrogen-bond donors (Lipinski definition) is 1. The van der Waals surface area contributed by atoms with Gasteiger partial charge in [0.05, 0.1) is 11.4 Å². The minimum atomic E-state index is -1.04. The van der Waals surface area contributed by atoms with Gasteiger partial charge in [-0.15, -0.1) is 0 Å². The van der Waals surface area contributed by atoms with Crippen LogP contribution in [0.15, 0.2) is 24.3 Å². The van der Waals surface area contributed by atoms with Crippen LogP contribution < -0.4 is 10.2 Å². The molecule has 1 fully saturated rings. The summed E-state index contributed by atoms with van der Waals surface area (Å²) in [6.45, 7) is 1.13. The summed E-state index contributed by atoms with van der Waals surface area (Å²) >= 11 is 0. The number of carbonyl (C=O) groups excluding carboxylic acids is 5. The maximum atomic E-state index is 12.8.